The molecule has 0 saturated heterocycles. The summed E-state index contributed by atoms with van der Waals surface area (Å²) in [6.07, 6.45) is 5.38. The van der Waals surface area contributed by atoms with Crippen molar-refractivity contribution in [3.8, 4) is 0 Å². The summed E-state index contributed by atoms with van der Waals surface area (Å²) in [7, 11) is 2.12. The van der Waals surface area contributed by atoms with Gasteiger partial charge in [0.25, 0.3) is 0 Å². The summed E-state index contributed by atoms with van der Waals surface area (Å²) >= 11 is 0. The van der Waals surface area contributed by atoms with Crippen LogP contribution in [0.15, 0.2) is 24.3 Å². The van der Waals surface area contributed by atoms with Gasteiger partial charge in [0, 0.05) is 6.04 Å². The fraction of sp³-hybridized carbons (Fsp3) is 0.667. The highest BCUT2D eigenvalue weighted by molar-refractivity contribution is 5.25. The van der Waals surface area contributed by atoms with E-state index in [0.717, 1.165) is 11.8 Å². The van der Waals surface area contributed by atoms with Crippen LogP contribution in [0, 0.1) is 11.8 Å². The summed E-state index contributed by atoms with van der Waals surface area (Å²) in [5.74, 6) is 2.42. The van der Waals surface area contributed by atoms with E-state index in [4.69, 9.17) is 0 Å². The molecule has 1 saturated carbocycles. The van der Waals surface area contributed by atoms with Gasteiger partial charge in [-0.25, -0.2) is 0 Å². The molecule has 1 nitrogen and oxygen atoms in total. The Morgan fingerprint density at radius 3 is 2.32 bits per heavy atom. The summed E-state index contributed by atoms with van der Waals surface area (Å²) in [6, 6.07) is 9.87. The first-order valence-corrected chi connectivity index (χ1v) is 7.86. The number of benzene rings is 1. The average Bonchev–Trinajstić information content (AvgIpc) is 2.83. The Morgan fingerprint density at radius 1 is 1.16 bits per heavy atom. The fourth-order valence-electron chi connectivity index (χ4n) is 3.41. The highest BCUT2D eigenvalue weighted by Gasteiger charge is 2.27. The number of hydrogen-bond donors (Lipinski definition) is 1. The van der Waals surface area contributed by atoms with E-state index in [1.54, 1.807) is 0 Å². The van der Waals surface area contributed by atoms with Crippen molar-refractivity contribution in [3.05, 3.63) is 35.4 Å². The van der Waals surface area contributed by atoms with Crippen LogP contribution >= 0.6 is 0 Å². The molecular formula is C18H29N. The Bertz CT molecular complexity index is 379. The van der Waals surface area contributed by atoms with Crippen molar-refractivity contribution in [2.45, 2.75) is 58.4 Å². The summed E-state index contributed by atoms with van der Waals surface area (Å²) in [5, 5.41) is 3.55. The van der Waals surface area contributed by atoms with Gasteiger partial charge in [-0.05, 0) is 55.2 Å². The predicted molar refractivity (Wildman–Crippen MR) is 83.6 cm³/mol. The van der Waals surface area contributed by atoms with Crippen LogP contribution < -0.4 is 5.32 Å². The number of hydrogen-bond acceptors (Lipinski definition) is 1. The third-order valence-corrected chi connectivity index (χ3v) is 4.78. The SMILES string of the molecule is CNC(Cc1ccc(C(C)C)cc1)C1CCC(C)C1. The van der Waals surface area contributed by atoms with E-state index in [2.05, 4.69) is 57.4 Å². The van der Waals surface area contributed by atoms with Crippen LogP contribution in [0.3, 0.4) is 0 Å². The molecule has 1 aliphatic carbocycles. The minimum atomic E-state index is 0.629. The third kappa shape index (κ3) is 3.82. The summed E-state index contributed by atoms with van der Waals surface area (Å²) in [6.45, 7) is 6.90. The summed E-state index contributed by atoms with van der Waals surface area (Å²) < 4.78 is 0. The monoisotopic (exact) mass is 259 g/mol. The van der Waals surface area contributed by atoms with E-state index in [0.29, 0.717) is 12.0 Å². The maximum Gasteiger partial charge on any atom is 0.0133 e. The molecule has 3 atom stereocenters. The molecular weight excluding hydrogens is 230 g/mol. The fourth-order valence-corrected chi connectivity index (χ4v) is 3.41. The molecule has 0 aliphatic heterocycles. The molecule has 2 rings (SSSR count). The molecule has 0 spiro atoms. The first kappa shape index (κ1) is 14.6. The smallest absolute Gasteiger partial charge is 0.0133 e. The van der Waals surface area contributed by atoms with Crippen molar-refractivity contribution < 1.29 is 0 Å². The lowest BCUT2D eigenvalue weighted by molar-refractivity contribution is 0.367. The zero-order valence-corrected chi connectivity index (χ0v) is 12.9. The average molecular weight is 259 g/mol. The van der Waals surface area contributed by atoms with E-state index < -0.39 is 0 Å². The van der Waals surface area contributed by atoms with Crippen LogP contribution in [-0.2, 0) is 6.42 Å². The van der Waals surface area contributed by atoms with Gasteiger partial charge in [-0.15, -0.1) is 0 Å². The number of rotatable bonds is 5. The first-order valence-electron chi connectivity index (χ1n) is 7.86. The molecule has 106 valence electrons. The Kier molecular flexibility index (Phi) is 5.04. The van der Waals surface area contributed by atoms with Crippen molar-refractivity contribution in [3.63, 3.8) is 0 Å². The Labute approximate surface area is 118 Å². The van der Waals surface area contributed by atoms with E-state index in [-0.39, 0.29) is 0 Å². The lowest BCUT2D eigenvalue weighted by atomic mass is 9.91. The molecule has 1 aromatic carbocycles. The van der Waals surface area contributed by atoms with Gasteiger partial charge in [-0.1, -0.05) is 51.5 Å². The topological polar surface area (TPSA) is 12.0 Å². The maximum absolute atomic E-state index is 3.55. The van der Waals surface area contributed by atoms with Gasteiger partial charge in [0.15, 0.2) is 0 Å². The largest absolute Gasteiger partial charge is 0.316 e. The maximum atomic E-state index is 3.55. The zero-order chi connectivity index (χ0) is 13.8. The molecule has 1 aliphatic rings. The molecule has 3 unspecified atom stereocenters. The van der Waals surface area contributed by atoms with E-state index >= 15 is 0 Å². The molecule has 1 N–H and O–H groups in total. The quantitative estimate of drug-likeness (QED) is 0.827. The van der Waals surface area contributed by atoms with Crippen LogP contribution in [0.5, 0.6) is 0 Å². The summed E-state index contributed by atoms with van der Waals surface area (Å²) in [4.78, 5) is 0. The summed E-state index contributed by atoms with van der Waals surface area (Å²) in [5.41, 5.74) is 2.92. The second-order valence-electron chi connectivity index (χ2n) is 6.67. The van der Waals surface area contributed by atoms with Gasteiger partial charge < -0.3 is 5.32 Å². The van der Waals surface area contributed by atoms with Crippen molar-refractivity contribution in [1.29, 1.82) is 0 Å². The molecule has 0 aromatic heterocycles. The normalized spacial score (nSPS) is 24.9. The minimum Gasteiger partial charge on any atom is -0.316 e. The highest BCUT2D eigenvalue weighted by atomic mass is 14.9. The van der Waals surface area contributed by atoms with E-state index in [9.17, 15) is 0 Å². The van der Waals surface area contributed by atoms with Crippen molar-refractivity contribution in [2.24, 2.45) is 11.8 Å². The number of nitrogens with one attached hydrogen (secondary N) is 1. The van der Waals surface area contributed by atoms with E-state index in [1.807, 2.05) is 0 Å². The van der Waals surface area contributed by atoms with Crippen LogP contribution in [-0.4, -0.2) is 13.1 Å². The number of likely N-dealkylation sites (N-methyl/N-ethyl adjacent to an activating group) is 1. The molecule has 1 fully saturated rings. The first-order chi connectivity index (χ1) is 9.10. The van der Waals surface area contributed by atoms with Crippen molar-refractivity contribution >= 4 is 0 Å². The van der Waals surface area contributed by atoms with Crippen LogP contribution in [0.1, 0.15) is 57.1 Å². The van der Waals surface area contributed by atoms with Crippen LogP contribution in [0.2, 0.25) is 0 Å². The molecule has 0 heterocycles. The van der Waals surface area contributed by atoms with Gasteiger partial charge in [-0.3, -0.25) is 0 Å². The van der Waals surface area contributed by atoms with Gasteiger partial charge in [0.2, 0.25) is 0 Å². The third-order valence-electron chi connectivity index (χ3n) is 4.78. The van der Waals surface area contributed by atoms with Gasteiger partial charge in [0.1, 0.15) is 0 Å². The Morgan fingerprint density at radius 2 is 1.84 bits per heavy atom. The van der Waals surface area contributed by atoms with Crippen molar-refractivity contribution in [1.82, 2.24) is 5.32 Å². The Balaban J connectivity index is 1.98. The van der Waals surface area contributed by atoms with Crippen LogP contribution in [0.25, 0.3) is 0 Å². The van der Waals surface area contributed by atoms with Gasteiger partial charge >= 0.3 is 0 Å². The minimum absolute atomic E-state index is 0.629. The molecule has 0 radical (unpaired) electrons. The molecule has 1 heteroatoms. The van der Waals surface area contributed by atoms with Crippen LogP contribution in [0.4, 0.5) is 0 Å². The molecule has 1 aromatic rings. The second-order valence-corrected chi connectivity index (χ2v) is 6.67. The lowest BCUT2D eigenvalue weighted by Crippen LogP contribution is -2.34. The standard InChI is InChI=1S/C18H29N/c1-13(2)16-9-6-15(7-10-16)12-18(19-4)17-8-5-14(3)11-17/h6-7,9-10,13-14,17-19H,5,8,11-12H2,1-4H3. The van der Waals surface area contributed by atoms with E-state index in [1.165, 1.54) is 36.8 Å². The zero-order valence-electron chi connectivity index (χ0n) is 12.9. The van der Waals surface area contributed by atoms with Gasteiger partial charge in [-0.2, -0.15) is 0 Å². The lowest BCUT2D eigenvalue weighted by Gasteiger charge is -2.23. The Hall–Kier alpha value is -0.820. The molecule has 0 amide bonds. The van der Waals surface area contributed by atoms with Crippen molar-refractivity contribution in [2.75, 3.05) is 7.05 Å². The van der Waals surface area contributed by atoms with Gasteiger partial charge in [0.05, 0.1) is 0 Å². The highest BCUT2D eigenvalue weighted by Crippen LogP contribution is 2.33. The molecule has 19 heavy (non-hydrogen) atoms. The molecule has 0 bridgehead atoms. The second kappa shape index (κ2) is 6.56. The predicted octanol–water partition coefficient (Wildman–Crippen LogP) is 4.38.